The lowest BCUT2D eigenvalue weighted by molar-refractivity contribution is -0.113. The van der Waals surface area contributed by atoms with Crippen molar-refractivity contribution in [1.29, 1.82) is 0 Å². The lowest BCUT2D eigenvalue weighted by Crippen LogP contribution is -2.26. The summed E-state index contributed by atoms with van der Waals surface area (Å²) in [6.45, 7) is 1.81. The fourth-order valence-electron chi connectivity index (χ4n) is 4.27. The fraction of sp³-hybridized carbons (Fsp3) is 0.292. The Balaban J connectivity index is 1.49. The number of carbonyl (C=O) groups excluding carboxylic acids is 1. The standard InChI is InChI=1S/C24H22FN3O3S/c1-14-10-11-15(25)12-18(14)26-20(29)13-32-24-27-21-17-8-4-5-9-19(17)31-22(21)23(30)28(24)16-6-2-3-7-16/h4-5,8-12,16H,2-3,6-7,13H2,1H3,(H,26,29). The van der Waals surface area contributed by atoms with Crippen molar-refractivity contribution >= 4 is 45.4 Å². The van der Waals surface area contributed by atoms with Crippen molar-refractivity contribution in [2.75, 3.05) is 11.1 Å². The summed E-state index contributed by atoms with van der Waals surface area (Å²) in [5.41, 5.74) is 2.39. The van der Waals surface area contributed by atoms with E-state index in [9.17, 15) is 14.0 Å². The van der Waals surface area contributed by atoms with Crippen LogP contribution in [0.25, 0.3) is 22.1 Å². The number of fused-ring (bicyclic) bond motifs is 3. The third kappa shape index (κ3) is 3.79. The number of halogens is 1. The summed E-state index contributed by atoms with van der Waals surface area (Å²) in [6.07, 6.45) is 3.91. The second-order valence-electron chi connectivity index (χ2n) is 8.08. The number of carbonyl (C=O) groups is 1. The number of aryl methyl sites for hydroxylation is 1. The normalized spacial score (nSPS) is 14.4. The maximum absolute atomic E-state index is 13.6. The molecule has 0 unspecified atom stereocenters. The molecule has 2 heterocycles. The number of anilines is 1. The summed E-state index contributed by atoms with van der Waals surface area (Å²) in [7, 11) is 0. The number of aromatic nitrogens is 2. The van der Waals surface area contributed by atoms with E-state index >= 15 is 0 Å². The SMILES string of the molecule is Cc1ccc(F)cc1NC(=O)CSc1nc2c(oc3ccccc32)c(=O)n1C1CCCC1. The number of amides is 1. The maximum Gasteiger partial charge on any atom is 0.298 e. The van der Waals surface area contributed by atoms with Gasteiger partial charge in [0.2, 0.25) is 11.5 Å². The van der Waals surface area contributed by atoms with E-state index in [1.807, 2.05) is 24.3 Å². The van der Waals surface area contributed by atoms with Gasteiger partial charge in [-0.3, -0.25) is 14.2 Å². The molecular formula is C24H22FN3O3S. The van der Waals surface area contributed by atoms with Crippen LogP contribution in [0.3, 0.4) is 0 Å². The molecular weight excluding hydrogens is 429 g/mol. The quantitative estimate of drug-likeness (QED) is 0.323. The Morgan fingerprint density at radius 1 is 1.25 bits per heavy atom. The molecule has 0 atom stereocenters. The zero-order valence-electron chi connectivity index (χ0n) is 17.6. The van der Waals surface area contributed by atoms with Crippen LogP contribution in [0.2, 0.25) is 0 Å². The predicted molar refractivity (Wildman–Crippen MR) is 124 cm³/mol. The first-order valence-corrected chi connectivity index (χ1v) is 11.6. The number of thioether (sulfide) groups is 1. The van der Waals surface area contributed by atoms with Crippen LogP contribution in [0.5, 0.6) is 0 Å². The van der Waals surface area contributed by atoms with E-state index in [4.69, 9.17) is 9.40 Å². The molecule has 0 bridgehead atoms. The highest BCUT2D eigenvalue weighted by atomic mass is 32.2. The van der Waals surface area contributed by atoms with Crippen molar-refractivity contribution in [3.63, 3.8) is 0 Å². The molecule has 0 aliphatic heterocycles. The second-order valence-corrected chi connectivity index (χ2v) is 9.02. The number of hydrogen-bond acceptors (Lipinski definition) is 5. The molecule has 1 aliphatic carbocycles. The van der Waals surface area contributed by atoms with E-state index in [2.05, 4.69) is 5.32 Å². The van der Waals surface area contributed by atoms with E-state index in [1.165, 1.54) is 23.9 Å². The largest absolute Gasteiger partial charge is 0.448 e. The number of hydrogen-bond donors (Lipinski definition) is 1. The summed E-state index contributed by atoms with van der Waals surface area (Å²) in [5.74, 6) is -0.642. The Hall–Kier alpha value is -3.13. The van der Waals surface area contributed by atoms with Gasteiger partial charge in [0, 0.05) is 17.1 Å². The summed E-state index contributed by atoms with van der Waals surface area (Å²) in [6, 6.07) is 11.7. The third-order valence-electron chi connectivity index (χ3n) is 5.89. The van der Waals surface area contributed by atoms with Gasteiger partial charge in [-0.25, -0.2) is 9.37 Å². The minimum atomic E-state index is -0.410. The van der Waals surface area contributed by atoms with Crippen molar-refractivity contribution in [3.05, 3.63) is 64.2 Å². The molecule has 2 aromatic heterocycles. The van der Waals surface area contributed by atoms with Crippen molar-refractivity contribution in [3.8, 4) is 0 Å². The molecule has 0 radical (unpaired) electrons. The van der Waals surface area contributed by atoms with Crippen LogP contribution in [0.1, 0.15) is 37.3 Å². The van der Waals surface area contributed by atoms with Gasteiger partial charge < -0.3 is 9.73 Å². The highest BCUT2D eigenvalue weighted by Crippen LogP contribution is 2.34. The monoisotopic (exact) mass is 451 g/mol. The molecule has 1 fully saturated rings. The molecule has 6 nitrogen and oxygen atoms in total. The Bertz CT molecular complexity index is 1390. The minimum Gasteiger partial charge on any atom is -0.448 e. The molecule has 2 aromatic carbocycles. The van der Waals surface area contributed by atoms with Gasteiger partial charge in [-0.2, -0.15) is 0 Å². The molecule has 32 heavy (non-hydrogen) atoms. The van der Waals surface area contributed by atoms with Crippen molar-refractivity contribution < 1.29 is 13.6 Å². The Morgan fingerprint density at radius 2 is 2.03 bits per heavy atom. The van der Waals surface area contributed by atoms with Crippen LogP contribution < -0.4 is 10.9 Å². The van der Waals surface area contributed by atoms with Gasteiger partial charge in [-0.1, -0.05) is 42.8 Å². The topological polar surface area (TPSA) is 77.1 Å². The van der Waals surface area contributed by atoms with E-state index in [-0.39, 0.29) is 28.8 Å². The molecule has 164 valence electrons. The number of furan rings is 1. The van der Waals surface area contributed by atoms with Gasteiger partial charge in [-0.05, 0) is 49.6 Å². The number of rotatable bonds is 5. The fourth-order valence-corrected chi connectivity index (χ4v) is 5.12. The van der Waals surface area contributed by atoms with Crippen LogP contribution in [0.4, 0.5) is 10.1 Å². The number of nitrogens with zero attached hydrogens (tertiary/aromatic N) is 2. The molecule has 0 spiro atoms. The van der Waals surface area contributed by atoms with Crippen LogP contribution in [0.15, 0.2) is 56.8 Å². The molecule has 5 rings (SSSR count). The first-order chi connectivity index (χ1) is 15.5. The smallest absolute Gasteiger partial charge is 0.298 e. The van der Waals surface area contributed by atoms with Crippen molar-refractivity contribution in [2.24, 2.45) is 0 Å². The maximum atomic E-state index is 13.6. The third-order valence-corrected chi connectivity index (χ3v) is 6.84. The van der Waals surface area contributed by atoms with E-state index in [0.717, 1.165) is 36.6 Å². The van der Waals surface area contributed by atoms with Crippen LogP contribution >= 0.6 is 11.8 Å². The number of benzene rings is 2. The van der Waals surface area contributed by atoms with Gasteiger partial charge in [0.05, 0.1) is 5.75 Å². The molecule has 1 saturated carbocycles. The molecule has 1 N–H and O–H groups in total. The zero-order valence-corrected chi connectivity index (χ0v) is 18.4. The summed E-state index contributed by atoms with van der Waals surface area (Å²) in [4.78, 5) is 30.8. The molecule has 1 amide bonds. The predicted octanol–water partition coefficient (Wildman–Crippen LogP) is 5.44. The van der Waals surface area contributed by atoms with Gasteiger partial charge in [-0.15, -0.1) is 0 Å². The van der Waals surface area contributed by atoms with Crippen LogP contribution in [-0.2, 0) is 4.79 Å². The number of para-hydroxylation sites is 1. The van der Waals surface area contributed by atoms with Crippen molar-refractivity contribution in [1.82, 2.24) is 9.55 Å². The van der Waals surface area contributed by atoms with Crippen LogP contribution in [-0.4, -0.2) is 21.2 Å². The summed E-state index contributed by atoms with van der Waals surface area (Å²) >= 11 is 1.22. The Labute approximate surface area is 187 Å². The Morgan fingerprint density at radius 3 is 2.84 bits per heavy atom. The van der Waals surface area contributed by atoms with E-state index < -0.39 is 5.82 Å². The lowest BCUT2D eigenvalue weighted by Gasteiger charge is -2.17. The van der Waals surface area contributed by atoms with Gasteiger partial charge in [0.15, 0.2) is 5.16 Å². The van der Waals surface area contributed by atoms with Crippen LogP contribution in [0, 0.1) is 12.7 Å². The molecule has 4 aromatic rings. The second kappa shape index (κ2) is 8.43. The van der Waals surface area contributed by atoms with E-state index in [0.29, 0.717) is 21.9 Å². The van der Waals surface area contributed by atoms with Gasteiger partial charge in [0.25, 0.3) is 5.56 Å². The highest BCUT2D eigenvalue weighted by molar-refractivity contribution is 7.99. The average Bonchev–Trinajstić information content (AvgIpc) is 3.43. The lowest BCUT2D eigenvalue weighted by atomic mass is 10.2. The first-order valence-electron chi connectivity index (χ1n) is 10.6. The van der Waals surface area contributed by atoms with Gasteiger partial charge in [0.1, 0.15) is 16.9 Å². The highest BCUT2D eigenvalue weighted by Gasteiger charge is 2.25. The number of nitrogens with one attached hydrogen (secondary N) is 1. The van der Waals surface area contributed by atoms with Crippen molar-refractivity contribution in [2.45, 2.75) is 43.8 Å². The first kappa shape index (κ1) is 20.8. The van der Waals surface area contributed by atoms with E-state index in [1.54, 1.807) is 17.6 Å². The summed E-state index contributed by atoms with van der Waals surface area (Å²) in [5, 5.41) is 4.04. The Kier molecular flexibility index (Phi) is 5.46. The molecule has 1 aliphatic rings. The zero-order chi connectivity index (χ0) is 22.2. The molecule has 0 saturated heterocycles. The molecule has 8 heteroatoms. The minimum absolute atomic E-state index is 0.0450. The van der Waals surface area contributed by atoms with Gasteiger partial charge >= 0.3 is 0 Å². The summed E-state index contributed by atoms with van der Waals surface area (Å²) < 4.78 is 21.1. The average molecular weight is 452 g/mol.